The van der Waals surface area contributed by atoms with Gasteiger partial charge in [0, 0.05) is 40.1 Å². The van der Waals surface area contributed by atoms with Crippen LogP contribution in [0.15, 0.2) is 247 Å². The van der Waals surface area contributed by atoms with Crippen LogP contribution < -0.4 is 30.6 Å². The zero-order valence-corrected chi connectivity index (χ0v) is 40.5. The van der Waals surface area contributed by atoms with Crippen LogP contribution in [0.1, 0.15) is 0 Å². The fourth-order valence-electron chi connectivity index (χ4n) is 12.5. The molecule has 0 spiro atoms. The Morgan fingerprint density at radius 2 is 0.681 bits per heavy atom. The highest BCUT2D eigenvalue weighted by Crippen LogP contribution is 2.76. The average Bonchev–Trinajstić information content (AvgIpc) is 3.80. The molecule has 0 saturated carbocycles. The van der Waals surface area contributed by atoms with E-state index >= 15 is 0 Å². The van der Waals surface area contributed by atoms with Gasteiger partial charge in [0.15, 0.2) is 22.4 Å². The molecule has 0 aliphatic carbocycles. The molecule has 0 N–H and O–H groups in total. The Bertz CT molecular complexity index is 4260. The number of rotatable bonds is 5. The Balaban J connectivity index is 1.01. The first-order valence-electron chi connectivity index (χ1n) is 24.5. The summed E-state index contributed by atoms with van der Waals surface area (Å²) < 4.78 is 6.54. The molecular formula is C66H41N3OPS+. The van der Waals surface area contributed by atoms with Crippen molar-refractivity contribution in [3.8, 4) is 22.3 Å². The predicted molar refractivity (Wildman–Crippen MR) is 310 cm³/mol. The summed E-state index contributed by atoms with van der Waals surface area (Å²) in [6.07, 6.45) is 0. The molecule has 0 bridgehead atoms. The molecule has 0 atom stereocenters. The van der Waals surface area contributed by atoms with Gasteiger partial charge in [0.25, 0.3) is 0 Å². The minimum Gasteiger partial charge on any atom is -0.456 e. The normalized spacial score (nSPS) is 13.9. The second kappa shape index (κ2) is 15.0. The van der Waals surface area contributed by atoms with E-state index in [1.807, 2.05) is 0 Å². The fourth-order valence-corrected chi connectivity index (χ4v) is 18.0. The van der Waals surface area contributed by atoms with E-state index in [-0.39, 0.29) is 0 Å². The van der Waals surface area contributed by atoms with Crippen molar-refractivity contribution in [2.75, 3.05) is 14.7 Å². The van der Waals surface area contributed by atoms with Gasteiger partial charge in [-0.1, -0.05) is 146 Å². The number of hydrogen-bond acceptors (Lipinski definition) is 5. The van der Waals surface area contributed by atoms with Crippen molar-refractivity contribution < 1.29 is 4.42 Å². The third kappa shape index (κ3) is 5.41. The van der Waals surface area contributed by atoms with Gasteiger partial charge in [-0.3, -0.25) is 0 Å². The monoisotopic (exact) mass is 954 g/mol. The lowest BCUT2D eigenvalue weighted by Crippen LogP contribution is -2.49. The maximum atomic E-state index is 6.54. The van der Waals surface area contributed by atoms with Crippen LogP contribution in [0.3, 0.4) is 0 Å². The summed E-state index contributed by atoms with van der Waals surface area (Å²) in [5.74, 6) is 0. The van der Waals surface area contributed by atoms with Crippen molar-refractivity contribution in [3.63, 3.8) is 0 Å². The molecule has 4 heterocycles. The lowest BCUT2D eigenvalue weighted by atomic mass is 9.85. The molecule has 3 aliphatic heterocycles. The van der Waals surface area contributed by atoms with E-state index in [1.54, 1.807) is 0 Å². The number of furan rings is 1. The molecule has 6 heteroatoms. The summed E-state index contributed by atoms with van der Waals surface area (Å²) in [6, 6.07) is 89.1. The van der Waals surface area contributed by atoms with E-state index in [4.69, 9.17) is 16.7 Å². The highest BCUT2D eigenvalue weighted by molar-refractivity contribution is 8.61. The molecule has 13 aromatic rings. The summed E-state index contributed by atoms with van der Waals surface area (Å²) in [5.41, 5.74) is 16.8. The molecule has 72 heavy (non-hydrogen) atoms. The van der Waals surface area contributed by atoms with Crippen LogP contribution in [0.4, 0.5) is 51.2 Å². The van der Waals surface area contributed by atoms with Crippen LogP contribution in [0.2, 0.25) is 0 Å². The van der Waals surface area contributed by atoms with E-state index < -0.39 is 6.46 Å². The number of nitrogens with zero attached hydrogens (tertiary/aromatic N) is 3. The molecule has 0 saturated heterocycles. The van der Waals surface area contributed by atoms with Crippen LogP contribution in [-0.2, 0) is 0 Å². The van der Waals surface area contributed by atoms with Gasteiger partial charge in [0.1, 0.15) is 11.2 Å². The second-order valence-electron chi connectivity index (χ2n) is 19.2. The standard InChI is InChI=1S/C66H41N3OPS/c72-71-64-54-30-16-32-56(64)68(46-22-6-2-7-23-46)58-38-44(39-59(66(58)71)69(47-24-8-3-9-25-47)57-33-17-31-55(65(57)71)67(54)45-20-4-1-5-21-45)63-50-28-14-12-26-48(50)62(49-27-13-15-29-51(49)63)43-34-35-60-52(37-43)53-36-41-18-10-11-19-42(41)40-61(53)70-60/h1-40,72H/q+1. The number of para-hydroxylation sites is 3. The van der Waals surface area contributed by atoms with Gasteiger partial charge in [0.2, 0.25) is 0 Å². The molecule has 0 fully saturated rings. The van der Waals surface area contributed by atoms with Crippen LogP contribution in [0, 0.1) is 0 Å². The van der Waals surface area contributed by atoms with Crippen LogP contribution in [0.25, 0.3) is 76.5 Å². The summed E-state index contributed by atoms with van der Waals surface area (Å²) in [6.45, 7) is -2.65. The van der Waals surface area contributed by atoms with E-state index in [2.05, 4.69) is 257 Å². The maximum Gasteiger partial charge on any atom is 0.180 e. The molecule has 0 amide bonds. The average molecular weight is 955 g/mol. The summed E-state index contributed by atoms with van der Waals surface area (Å²) in [5, 5.41) is 13.3. The van der Waals surface area contributed by atoms with E-state index in [1.165, 1.54) is 70.7 Å². The lowest BCUT2D eigenvalue weighted by Gasteiger charge is -2.48. The third-order valence-electron chi connectivity index (χ3n) is 15.4. The Kier molecular flexibility index (Phi) is 8.34. The first-order chi connectivity index (χ1) is 35.6. The Morgan fingerprint density at radius 3 is 1.17 bits per heavy atom. The van der Waals surface area contributed by atoms with Crippen LogP contribution >= 0.6 is 18.7 Å². The molecule has 0 radical (unpaired) electrons. The van der Waals surface area contributed by atoms with Gasteiger partial charge >= 0.3 is 0 Å². The van der Waals surface area contributed by atoms with E-state index in [0.717, 1.165) is 72.9 Å². The van der Waals surface area contributed by atoms with Gasteiger partial charge in [-0.15, -0.1) is 0 Å². The van der Waals surface area contributed by atoms with Crippen molar-refractivity contribution in [1.29, 1.82) is 0 Å². The Morgan fingerprint density at radius 1 is 0.292 bits per heavy atom. The number of anilines is 9. The summed E-state index contributed by atoms with van der Waals surface area (Å²) in [4.78, 5) is 7.51. The molecule has 16 rings (SSSR count). The maximum absolute atomic E-state index is 6.54. The van der Waals surface area contributed by atoms with Gasteiger partial charge < -0.3 is 19.1 Å². The van der Waals surface area contributed by atoms with Crippen LogP contribution in [-0.4, -0.2) is 0 Å². The molecule has 0 unspecified atom stereocenters. The SMILES string of the molecule is S[P+]12c3c4cccc3N(c3ccccc3)c3cc(-c5c6ccccc6c(-c6ccc7oc8cc9ccccc9cc8c7c6)c6ccccc56)cc(c31)N(c1ccccc1)c1cccc(c12)N4c1ccccc1. The van der Waals surface area contributed by atoms with E-state index in [0.29, 0.717) is 0 Å². The lowest BCUT2D eigenvalue weighted by molar-refractivity contribution is 0.669. The zero-order valence-electron chi connectivity index (χ0n) is 38.7. The molecule has 1 aromatic heterocycles. The zero-order chi connectivity index (χ0) is 47.2. The molecule has 12 aromatic carbocycles. The summed E-state index contributed by atoms with van der Waals surface area (Å²) >= 11 is 6.26. The number of benzene rings is 12. The van der Waals surface area contributed by atoms with Crippen molar-refractivity contribution in [2.45, 2.75) is 0 Å². The Labute approximate surface area is 421 Å². The number of fused-ring (bicyclic) bond motifs is 6. The fraction of sp³-hybridized carbons (Fsp3) is 0. The Hall–Kier alpha value is -8.60. The second-order valence-corrected chi connectivity index (χ2v) is 23.6. The minimum absolute atomic E-state index is 0.890. The largest absolute Gasteiger partial charge is 0.456 e. The quantitative estimate of drug-likeness (QED) is 0.105. The topological polar surface area (TPSA) is 22.9 Å². The van der Waals surface area contributed by atoms with Crippen molar-refractivity contribution in [1.82, 2.24) is 0 Å². The third-order valence-corrected chi connectivity index (χ3v) is 20.5. The predicted octanol–water partition coefficient (Wildman–Crippen LogP) is 17.9. The van der Waals surface area contributed by atoms with Gasteiger partial charge in [-0.05, 0) is 152 Å². The highest BCUT2D eigenvalue weighted by Gasteiger charge is 2.63. The van der Waals surface area contributed by atoms with Crippen molar-refractivity contribution >= 4 is 140 Å². The number of hydrogen-bond donors (Lipinski definition) is 1. The first kappa shape index (κ1) is 40.2. The molecular weight excluding hydrogens is 914 g/mol. The minimum atomic E-state index is -2.65. The van der Waals surface area contributed by atoms with Gasteiger partial charge in [-0.2, -0.15) is 0 Å². The van der Waals surface area contributed by atoms with Crippen LogP contribution in [0.5, 0.6) is 0 Å². The van der Waals surface area contributed by atoms with Crippen molar-refractivity contribution in [3.05, 3.63) is 243 Å². The van der Waals surface area contributed by atoms with E-state index in [9.17, 15) is 0 Å². The molecule has 336 valence electrons. The highest BCUT2D eigenvalue weighted by atomic mass is 32.7. The molecule has 3 aliphatic rings. The first-order valence-corrected chi connectivity index (χ1v) is 27.5. The molecule has 4 nitrogen and oxygen atoms in total. The van der Waals surface area contributed by atoms with Crippen molar-refractivity contribution in [2.24, 2.45) is 0 Å². The van der Waals surface area contributed by atoms with Gasteiger partial charge in [0.05, 0.1) is 34.1 Å². The van der Waals surface area contributed by atoms with Gasteiger partial charge in [-0.25, -0.2) is 0 Å². The number of thiol groups is 1. The smallest absolute Gasteiger partial charge is 0.180 e. The summed E-state index contributed by atoms with van der Waals surface area (Å²) in [7, 11) is 0.